The van der Waals surface area contributed by atoms with Crippen LogP contribution in [0.5, 0.6) is 0 Å². The van der Waals surface area contributed by atoms with Crippen LogP contribution >= 0.6 is 0 Å². The van der Waals surface area contributed by atoms with Crippen molar-refractivity contribution in [1.82, 2.24) is 14.5 Å². The summed E-state index contributed by atoms with van der Waals surface area (Å²) in [6.07, 6.45) is 1.70. The van der Waals surface area contributed by atoms with Crippen molar-refractivity contribution in [3.8, 4) is 45.5 Å². The van der Waals surface area contributed by atoms with Crippen LogP contribution in [-0.2, 0) is 25.5 Å². The van der Waals surface area contributed by atoms with Crippen molar-refractivity contribution in [1.29, 1.82) is 5.26 Å². The molecule has 0 saturated carbocycles. The maximum atomic E-state index is 12.6. The first-order valence-corrected chi connectivity index (χ1v) is 24.3. The molecule has 0 fully saturated rings. The fourth-order valence-corrected chi connectivity index (χ4v) is 9.96. The second-order valence-electron chi connectivity index (χ2n) is 20.1. The smallest absolute Gasteiger partial charge is 0.128 e. The second kappa shape index (κ2) is 19.1. The third kappa shape index (κ3) is 8.66. The molecule has 0 unspecified atom stereocenters. The molecule has 1 radical (unpaired) electrons. The predicted octanol–water partition coefficient (Wildman–Crippen LogP) is 17.6. The van der Waals surface area contributed by atoms with E-state index in [-0.39, 0.29) is 43.2 Å². The molecule has 0 aliphatic heterocycles. The van der Waals surface area contributed by atoms with Gasteiger partial charge in [0.2, 0.25) is 0 Å². The van der Waals surface area contributed by atoms with Gasteiger partial charge < -0.3 is 14.0 Å². The zero-order valence-electron chi connectivity index (χ0n) is 41.2. The van der Waals surface area contributed by atoms with Gasteiger partial charge in [0.1, 0.15) is 5.58 Å². The Morgan fingerprint density at radius 3 is 2.03 bits per heavy atom. The van der Waals surface area contributed by atoms with E-state index < -0.39 is 0 Å². The summed E-state index contributed by atoms with van der Waals surface area (Å²) in [7, 11) is 0. The minimum absolute atomic E-state index is 0. The van der Waals surface area contributed by atoms with Crippen LogP contribution in [0.15, 0.2) is 174 Å². The largest absolute Gasteiger partial charge is 0.500 e. The SMILES string of the molecule is CC(C)c1cc(-c2ccc(C(C)(C)C)cc2)cc(C(C)C)c1-n1c(-c2[c-]ccc3c2oc2c4cc(C#N)ccc4ccc32)nc2cc3ccc4ccccc4c3cc21.Fc1c[c-]c(-c2ccccn2)cc1.[Ir]. The van der Waals surface area contributed by atoms with E-state index in [2.05, 4.69) is 179 Å². The van der Waals surface area contributed by atoms with Crippen molar-refractivity contribution in [2.24, 2.45) is 0 Å². The van der Waals surface area contributed by atoms with E-state index in [0.29, 0.717) is 5.56 Å². The monoisotopic (exact) mass is 1120 g/mol. The minimum Gasteiger partial charge on any atom is -0.500 e. The Balaban J connectivity index is 0.000000370. The van der Waals surface area contributed by atoms with Crippen molar-refractivity contribution in [3.05, 3.63) is 210 Å². The standard InChI is InChI=1S/C54H44N3O.C11H7FN.Ir/c1-31(2)44-26-38(34-19-22-39(23-20-34)54(5,6)7)27-45(32(3)4)50(44)57-49-29-46-37(18-17-35-11-8-9-12-40(35)46)28-48(49)56-53(57)43-14-10-13-41-42-24-21-36-16-15-33(30-55)25-47(36)52(42)58-51(41)43;12-10-6-4-9(5-7-10)11-3-1-2-8-13-11;/h8-13,15-29,31-32H,1-7H3;1-4,6-8H;/q2*-1;. The van der Waals surface area contributed by atoms with Gasteiger partial charge in [-0.3, -0.25) is 9.37 Å². The van der Waals surface area contributed by atoms with Crippen molar-refractivity contribution in [2.75, 3.05) is 0 Å². The number of fused-ring (bicyclic) bond motifs is 9. The molecule has 0 amide bonds. The number of hydrogen-bond donors (Lipinski definition) is 0. The summed E-state index contributed by atoms with van der Waals surface area (Å²) < 4.78 is 21.9. The molecule has 355 valence electrons. The van der Waals surface area contributed by atoms with Gasteiger partial charge in [-0.1, -0.05) is 150 Å². The average molecular weight is 1120 g/mol. The molecular formula is C65H51FIrN4O-2. The van der Waals surface area contributed by atoms with Crippen LogP contribution in [0.4, 0.5) is 4.39 Å². The molecule has 0 saturated heterocycles. The number of nitriles is 1. The predicted molar refractivity (Wildman–Crippen MR) is 291 cm³/mol. The summed E-state index contributed by atoms with van der Waals surface area (Å²) in [6, 6.07) is 64.3. The summed E-state index contributed by atoms with van der Waals surface area (Å²) >= 11 is 0. The number of nitrogens with zero attached hydrogens (tertiary/aromatic N) is 4. The molecule has 12 aromatic rings. The third-order valence-corrected chi connectivity index (χ3v) is 13.7. The molecule has 0 bridgehead atoms. The fraction of sp³-hybridized carbons (Fsp3) is 0.154. The average Bonchev–Trinajstić information content (AvgIpc) is 3.96. The van der Waals surface area contributed by atoms with Crippen LogP contribution in [0.2, 0.25) is 0 Å². The Labute approximate surface area is 433 Å². The summed E-state index contributed by atoms with van der Waals surface area (Å²) in [5.74, 6) is 0.922. The Hall–Kier alpha value is -7.75. The number of rotatable bonds is 6. The zero-order valence-corrected chi connectivity index (χ0v) is 43.6. The Morgan fingerprint density at radius 2 is 1.33 bits per heavy atom. The number of halogens is 1. The summed E-state index contributed by atoms with van der Waals surface area (Å²) in [6.45, 7) is 16.0. The Morgan fingerprint density at radius 1 is 0.639 bits per heavy atom. The molecule has 72 heavy (non-hydrogen) atoms. The van der Waals surface area contributed by atoms with Crippen LogP contribution in [-0.4, -0.2) is 14.5 Å². The Kier molecular flexibility index (Phi) is 12.7. The van der Waals surface area contributed by atoms with Gasteiger partial charge in [-0.2, -0.15) is 5.26 Å². The molecule has 0 N–H and O–H groups in total. The number of pyridine rings is 1. The number of hydrogen-bond acceptors (Lipinski definition) is 4. The minimum atomic E-state index is -0.278. The van der Waals surface area contributed by atoms with E-state index in [1.165, 1.54) is 56.1 Å². The van der Waals surface area contributed by atoms with E-state index in [4.69, 9.17) is 9.40 Å². The van der Waals surface area contributed by atoms with Crippen molar-refractivity contribution in [3.63, 3.8) is 0 Å². The maximum Gasteiger partial charge on any atom is 0.128 e. The first-order valence-electron chi connectivity index (χ1n) is 24.3. The van der Waals surface area contributed by atoms with Crippen LogP contribution < -0.4 is 0 Å². The summed E-state index contributed by atoms with van der Waals surface area (Å²) in [5, 5.41) is 18.5. The van der Waals surface area contributed by atoms with Gasteiger partial charge in [-0.25, -0.2) is 0 Å². The van der Waals surface area contributed by atoms with Gasteiger partial charge in [0.05, 0.1) is 34.1 Å². The topological polar surface area (TPSA) is 67.6 Å². The van der Waals surface area contributed by atoms with Crippen LogP contribution in [0.25, 0.3) is 105 Å². The third-order valence-electron chi connectivity index (χ3n) is 13.7. The quantitative estimate of drug-likeness (QED) is 0.123. The number of aromatic nitrogens is 3. The first-order chi connectivity index (χ1) is 34.3. The van der Waals surface area contributed by atoms with Gasteiger partial charge in [0.25, 0.3) is 0 Å². The van der Waals surface area contributed by atoms with Gasteiger partial charge in [-0.05, 0) is 120 Å². The maximum absolute atomic E-state index is 12.6. The summed E-state index contributed by atoms with van der Waals surface area (Å²) in [4.78, 5) is 9.67. The van der Waals surface area contributed by atoms with E-state index >= 15 is 0 Å². The Bertz CT molecular complexity index is 4010. The van der Waals surface area contributed by atoms with Crippen molar-refractivity contribution in [2.45, 2.75) is 65.7 Å². The van der Waals surface area contributed by atoms with Crippen molar-refractivity contribution < 1.29 is 28.9 Å². The molecule has 3 heterocycles. The summed E-state index contributed by atoms with van der Waals surface area (Å²) in [5.41, 5.74) is 14.0. The molecule has 0 aliphatic carbocycles. The van der Waals surface area contributed by atoms with E-state index in [0.717, 1.165) is 77.5 Å². The zero-order chi connectivity index (χ0) is 49.1. The molecule has 5 nitrogen and oxygen atoms in total. The molecule has 7 heteroatoms. The van der Waals surface area contributed by atoms with Gasteiger partial charge in [0.15, 0.2) is 0 Å². The molecule has 0 spiro atoms. The molecule has 9 aromatic carbocycles. The molecule has 0 atom stereocenters. The van der Waals surface area contributed by atoms with Crippen molar-refractivity contribution >= 4 is 65.3 Å². The first kappa shape index (κ1) is 47.9. The van der Waals surface area contributed by atoms with Crippen LogP contribution in [0.3, 0.4) is 0 Å². The van der Waals surface area contributed by atoms with Gasteiger partial charge in [0, 0.05) is 48.6 Å². The molecule has 12 rings (SSSR count). The second-order valence-corrected chi connectivity index (χ2v) is 20.1. The fourth-order valence-electron chi connectivity index (χ4n) is 9.96. The van der Waals surface area contributed by atoms with E-state index in [1.54, 1.807) is 12.3 Å². The number of furan rings is 1. The molecule has 0 aliphatic rings. The normalized spacial score (nSPS) is 11.7. The van der Waals surface area contributed by atoms with Crippen LogP contribution in [0, 0.1) is 29.3 Å². The van der Waals surface area contributed by atoms with E-state index in [9.17, 15) is 9.65 Å². The molecular weight excluding hydrogens is 1060 g/mol. The van der Waals surface area contributed by atoms with E-state index in [1.807, 2.05) is 42.5 Å². The van der Waals surface area contributed by atoms with Gasteiger partial charge in [-0.15, -0.1) is 48.0 Å². The number of benzene rings is 9. The van der Waals surface area contributed by atoms with Gasteiger partial charge >= 0.3 is 0 Å². The van der Waals surface area contributed by atoms with Crippen LogP contribution in [0.1, 0.15) is 82.6 Å². The number of imidazole rings is 1. The molecule has 3 aromatic heterocycles.